The van der Waals surface area contributed by atoms with Crippen molar-refractivity contribution in [1.82, 2.24) is 24.8 Å². The first kappa shape index (κ1) is 23.8. The van der Waals surface area contributed by atoms with Gasteiger partial charge in [0.15, 0.2) is 0 Å². The smallest absolute Gasteiger partial charge is 0.323 e. The highest BCUT2D eigenvalue weighted by molar-refractivity contribution is 6.05. The van der Waals surface area contributed by atoms with Gasteiger partial charge in [0.1, 0.15) is 6.04 Å². The largest absolute Gasteiger partial charge is 0.449 e. The number of carbonyl (C=O) groups excluding carboxylic acids is 3. The van der Waals surface area contributed by atoms with Crippen LogP contribution in [-0.2, 0) is 29.4 Å². The highest BCUT2D eigenvalue weighted by atomic mass is 19.4. The Morgan fingerprint density at radius 1 is 1.03 bits per heavy atom. The van der Waals surface area contributed by atoms with Crippen LogP contribution in [0.1, 0.15) is 34.6 Å². The maximum Gasteiger partial charge on any atom is 0.449 e. The first-order chi connectivity index (χ1) is 18.1. The van der Waals surface area contributed by atoms with Crippen molar-refractivity contribution in [2.24, 2.45) is 7.05 Å². The van der Waals surface area contributed by atoms with Crippen LogP contribution >= 0.6 is 0 Å². The Morgan fingerprint density at radius 3 is 2.58 bits per heavy atom. The number of aromatic nitrogens is 3. The molecule has 38 heavy (non-hydrogen) atoms. The van der Waals surface area contributed by atoms with Gasteiger partial charge in [-0.15, -0.1) is 0 Å². The molecule has 192 valence electrons. The van der Waals surface area contributed by atoms with Crippen molar-refractivity contribution in [3.63, 3.8) is 0 Å². The minimum absolute atomic E-state index is 0.0997. The maximum atomic E-state index is 13.9. The summed E-state index contributed by atoms with van der Waals surface area (Å²) in [5.41, 5.74) is 2.86. The molecule has 4 heterocycles. The van der Waals surface area contributed by atoms with Crippen molar-refractivity contribution in [2.75, 3.05) is 0 Å². The Morgan fingerprint density at radius 2 is 1.82 bits per heavy atom. The second-order valence-electron chi connectivity index (χ2n) is 9.37. The SMILES string of the molecule is Cn1c(C(F)(F)F)nc(-c2ccc3c(c2)CN(C2CCC(=O)NC2=O)C3=O)c1-c1ccc2cccnc2c1. The molecule has 8 nitrogen and oxygen atoms in total. The third-order valence-electron chi connectivity index (χ3n) is 7.02. The van der Waals surface area contributed by atoms with E-state index in [0.29, 0.717) is 27.8 Å². The molecule has 1 atom stereocenters. The van der Waals surface area contributed by atoms with Crippen molar-refractivity contribution < 1.29 is 27.6 Å². The fraction of sp³-hybridized carbons (Fsp3) is 0.222. The zero-order valence-electron chi connectivity index (χ0n) is 20.0. The highest BCUT2D eigenvalue weighted by Gasteiger charge is 2.41. The van der Waals surface area contributed by atoms with E-state index in [1.54, 1.807) is 48.7 Å². The van der Waals surface area contributed by atoms with Crippen molar-refractivity contribution in [3.05, 3.63) is 71.7 Å². The fourth-order valence-electron chi connectivity index (χ4n) is 5.22. The molecule has 1 N–H and O–H groups in total. The molecule has 3 amide bonds. The van der Waals surface area contributed by atoms with Gasteiger partial charge in [0.25, 0.3) is 5.91 Å². The molecule has 4 aromatic rings. The molecule has 2 aliphatic rings. The van der Waals surface area contributed by atoms with Gasteiger partial charge < -0.3 is 9.47 Å². The molecule has 0 saturated carbocycles. The lowest BCUT2D eigenvalue weighted by molar-refractivity contribution is -0.146. The summed E-state index contributed by atoms with van der Waals surface area (Å²) in [6.45, 7) is 0.0997. The second-order valence-corrected chi connectivity index (χ2v) is 9.37. The number of imide groups is 1. The lowest BCUT2D eigenvalue weighted by Gasteiger charge is -2.29. The molecule has 2 aromatic heterocycles. The van der Waals surface area contributed by atoms with E-state index in [1.165, 1.54) is 11.9 Å². The van der Waals surface area contributed by atoms with Gasteiger partial charge in [0.2, 0.25) is 17.6 Å². The predicted octanol–water partition coefficient (Wildman–Crippen LogP) is 4.08. The summed E-state index contributed by atoms with van der Waals surface area (Å²) in [6.07, 6.45) is -2.73. The summed E-state index contributed by atoms with van der Waals surface area (Å²) in [6, 6.07) is 12.9. The number of pyridine rings is 1. The molecule has 1 fully saturated rings. The normalized spacial score (nSPS) is 17.7. The molecule has 0 bridgehead atoms. The van der Waals surface area contributed by atoms with Gasteiger partial charge in [-0.3, -0.25) is 24.7 Å². The number of imidazole rings is 1. The van der Waals surface area contributed by atoms with E-state index in [0.717, 1.165) is 9.95 Å². The molecule has 2 aromatic carbocycles. The number of carbonyl (C=O) groups is 3. The number of hydrogen-bond donors (Lipinski definition) is 1. The quantitative estimate of drug-likeness (QED) is 0.412. The van der Waals surface area contributed by atoms with Crippen LogP contribution in [0.25, 0.3) is 33.4 Å². The Labute approximate surface area is 214 Å². The van der Waals surface area contributed by atoms with Crippen molar-refractivity contribution in [3.8, 4) is 22.5 Å². The highest BCUT2D eigenvalue weighted by Crippen LogP contribution is 2.40. The number of fused-ring (bicyclic) bond motifs is 2. The summed E-state index contributed by atoms with van der Waals surface area (Å²) in [5, 5.41) is 3.10. The number of halogens is 3. The number of amides is 3. The van der Waals surface area contributed by atoms with Gasteiger partial charge in [-0.05, 0) is 36.2 Å². The lowest BCUT2D eigenvalue weighted by atomic mass is 10.00. The van der Waals surface area contributed by atoms with E-state index < -0.39 is 23.9 Å². The fourth-order valence-corrected chi connectivity index (χ4v) is 5.22. The molecule has 2 aliphatic heterocycles. The lowest BCUT2D eigenvalue weighted by Crippen LogP contribution is -2.52. The molecular weight excluding hydrogens is 499 g/mol. The van der Waals surface area contributed by atoms with E-state index in [9.17, 15) is 27.6 Å². The first-order valence-electron chi connectivity index (χ1n) is 11.9. The Hall–Kier alpha value is -4.54. The van der Waals surface area contributed by atoms with Crippen LogP contribution in [0.5, 0.6) is 0 Å². The van der Waals surface area contributed by atoms with Crippen molar-refractivity contribution >= 4 is 28.6 Å². The standard InChI is InChI=1S/C27H20F3N5O3/c1-34-23(16-5-4-14-3-2-10-31-19(14)12-16)22(33-26(34)27(28,29)30)15-6-7-18-17(11-15)13-35(25(18)38)20-8-9-21(36)32-24(20)37/h2-7,10-12,20H,8-9,13H2,1H3,(H,32,36,37). The van der Waals surface area contributed by atoms with Gasteiger partial charge in [0, 0.05) is 48.3 Å². The van der Waals surface area contributed by atoms with Gasteiger partial charge in [-0.25, -0.2) is 4.98 Å². The van der Waals surface area contributed by atoms with Gasteiger partial charge >= 0.3 is 6.18 Å². The molecule has 6 rings (SSSR count). The molecule has 11 heteroatoms. The number of rotatable bonds is 3. The molecular formula is C27H20F3N5O3. The topological polar surface area (TPSA) is 97.2 Å². The van der Waals surface area contributed by atoms with Crippen LogP contribution in [0.2, 0.25) is 0 Å². The molecule has 0 radical (unpaired) electrons. The van der Waals surface area contributed by atoms with Crippen molar-refractivity contribution in [1.29, 1.82) is 0 Å². The third-order valence-corrected chi connectivity index (χ3v) is 7.02. The van der Waals surface area contributed by atoms with E-state index in [4.69, 9.17) is 0 Å². The summed E-state index contributed by atoms with van der Waals surface area (Å²) in [4.78, 5) is 46.7. The zero-order chi connectivity index (χ0) is 26.8. The zero-order valence-corrected chi connectivity index (χ0v) is 20.0. The van der Waals surface area contributed by atoms with E-state index in [2.05, 4.69) is 15.3 Å². The third kappa shape index (κ3) is 3.82. The van der Waals surface area contributed by atoms with E-state index in [1.807, 2.05) is 6.07 Å². The molecule has 1 unspecified atom stereocenters. The van der Waals surface area contributed by atoms with Crippen molar-refractivity contribution in [2.45, 2.75) is 31.6 Å². The van der Waals surface area contributed by atoms with Crippen LogP contribution in [0.15, 0.2) is 54.7 Å². The predicted molar refractivity (Wildman–Crippen MR) is 130 cm³/mol. The number of nitrogens with zero attached hydrogens (tertiary/aromatic N) is 4. The molecule has 0 aliphatic carbocycles. The average molecular weight is 519 g/mol. The van der Waals surface area contributed by atoms with Crippen LogP contribution in [0.4, 0.5) is 13.2 Å². The maximum absolute atomic E-state index is 13.9. The molecule has 1 saturated heterocycles. The van der Waals surface area contributed by atoms with Crippen LogP contribution in [0, 0.1) is 0 Å². The number of alkyl halides is 3. The number of piperidine rings is 1. The monoisotopic (exact) mass is 519 g/mol. The summed E-state index contributed by atoms with van der Waals surface area (Å²) >= 11 is 0. The van der Waals surface area contributed by atoms with E-state index in [-0.39, 0.29) is 42.6 Å². The first-order valence-corrected chi connectivity index (χ1v) is 11.9. The van der Waals surface area contributed by atoms with Gasteiger partial charge in [-0.1, -0.05) is 24.3 Å². The number of nitrogens with one attached hydrogen (secondary N) is 1. The van der Waals surface area contributed by atoms with Crippen LogP contribution in [0.3, 0.4) is 0 Å². The Kier molecular flexibility index (Phi) is 5.33. The number of benzene rings is 2. The molecule has 0 spiro atoms. The van der Waals surface area contributed by atoms with Gasteiger partial charge in [0.05, 0.1) is 16.9 Å². The van der Waals surface area contributed by atoms with E-state index >= 15 is 0 Å². The minimum atomic E-state index is -4.69. The minimum Gasteiger partial charge on any atom is -0.323 e. The number of hydrogen-bond acceptors (Lipinski definition) is 5. The summed E-state index contributed by atoms with van der Waals surface area (Å²) in [7, 11) is 1.32. The van der Waals surface area contributed by atoms with Crippen LogP contribution < -0.4 is 5.32 Å². The summed E-state index contributed by atoms with van der Waals surface area (Å²) < 4.78 is 42.8. The average Bonchev–Trinajstić information content (AvgIpc) is 3.40. The van der Waals surface area contributed by atoms with Gasteiger partial charge in [-0.2, -0.15) is 13.2 Å². The van der Waals surface area contributed by atoms with Crippen LogP contribution in [-0.4, -0.2) is 43.2 Å². The Bertz CT molecular complexity index is 1660. The summed E-state index contributed by atoms with van der Waals surface area (Å²) in [5.74, 6) is -2.33. The second kappa shape index (κ2) is 8.51. The Balaban J connectivity index is 1.44.